The molecule has 0 aliphatic heterocycles. The van der Waals surface area contributed by atoms with E-state index in [4.69, 9.17) is 28.8 Å². The van der Waals surface area contributed by atoms with Crippen molar-refractivity contribution < 1.29 is 9.59 Å². The molecule has 1 aromatic heterocycles. The van der Waals surface area contributed by atoms with E-state index < -0.39 is 11.9 Å². The molecule has 0 aliphatic carbocycles. The van der Waals surface area contributed by atoms with Crippen LogP contribution in [0.3, 0.4) is 0 Å². The zero-order valence-corrected chi connectivity index (χ0v) is 13.9. The summed E-state index contributed by atoms with van der Waals surface area (Å²) in [6.07, 6.45) is 1.38. The number of hydrogen-bond acceptors (Lipinski definition) is 7. The Labute approximate surface area is 143 Å². The molecule has 0 aromatic carbocycles. The average Bonchev–Trinajstić information content (AvgIpc) is 2.52. The fourth-order valence-electron chi connectivity index (χ4n) is 1.65. The van der Waals surface area contributed by atoms with Gasteiger partial charge in [0.2, 0.25) is 0 Å². The van der Waals surface area contributed by atoms with Gasteiger partial charge < -0.3 is 27.8 Å². The Kier molecular flexibility index (Phi) is 7.49. The predicted octanol–water partition coefficient (Wildman–Crippen LogP) is -0.952. The summed E-state index contributed by atoms with van der Waals surface area (Å²) in [4.78, 5) is 34.0. The minimum absolute atomic E-state index is 0.0326. The third-order valence-corrected chi connectivity index (χ3v) is 3.04. The van der Waals surface area contributed by atoms with Crippen LogP contribution in [0.2, 0.25) is 5.15 Å². The van der Waals surface area contributed by atoms with E-state index >= 15 is 0 Å². The third-order valence-electron chi connectivity index (χ3n) is 2.77. The molecule has 0 aliphatic rings. The van der Waals surface area contributed by atoms with E-state index in [0.717, 1.165) is 0 Å². The number of hydrogen-bond donors (Lipinski definition) is 6. The molecule has 132 valence electrons. The maximum atomic E-state index is 11.9. The molecule has 0 unspecified atom stereocenters. The zero-order valence-electron chi connectivity index (χ0n) is 13.1. The monoisotopic (exact) mass is 357 g/mol. The van der Waals surface area contributed by atoms with Crippen LogP contribution in [-0.4, -0.2) is 48.0 Å². The third kappa shape index (κ3) is 6.12. The van der Waals surface area contributed by atoms with E-state index in [9.17, 15) is 9.59 Å². The van der Waals surface area contributed by atoms with Gasteiger partial charge in [-0.05, 0) is 12.8 Å². The summed E-state index contributed by atoms with van der Waals surface area (Å²) >= 11 is 5.72. The molecule has 12 heteroatoms. The van der Waals surface area contributed by atoms with Crippen molar-refractivity contribution in [3.8, 4) is 0 Å². The number of amides is 3. The highest BCUT2D eigenvalue weighted by Crippen LogP contribution is 2.17. The van der Waals surface area contributed by atoms with Gasteiger partial charge in [-0.1, -0.05) is 11.6 Å². The average molecular weight is 358 g/mol. The predicted molar refractivity (Wildman–Crippen MR) is 91.5 cm³/mol. The molecule has 11 nitrogen and oxygen atoms in total. The van der Waals surface area contributed by atoms with Crippen molar-refractivity contribution in [3.05, 3.63) is 10.8 Å². The smallest absolute Gasteiger partial charge is 0.318 e. The molecule has 3 amide bonds. The van der Waals surface area contributed by atoms with Crippen molar-refractivity contribution in [2.45, 2.75) is 12.8 Å². The Morgan fingerprint density at radius 3 is 2.33 bits per heavy atom. The fourth-order valence-corrected chi connectivity index (χ4v) is 1.77. The van der Waals surface area contributed by atoms with Crippen molar-refractivity contribution in [2.24, 2.45) is 10.7 Å². The van der Waals surface area contributed by atoms with E-state index in [1.165, 1.54) is 7.05 Å². The second-order valence-electron chi connectivity index (χ2n) is 4.58. The molecule has 0 saturated carbocycles. The number of guanidine groups is 1. The van der Waals surface area contributed by atoms with E-state index in [1.807, 2.05) is 0 Å². The van der Waals surface area contributed by atoms with Gasteiger partial charge in [-0.2, -0.15) is 0 Å². The molecule has 0 saturated heterocycles. The standard InChI is InChI=1S/C12H20ClN9O2/c1-17-12(22-11(16)24)19-5-3-2-4-18-10(23)6-8(14)21-9(15)7(13)20-6/h2-5H2,1H3,(H,18,23)(H4,14,15,21)(H4,16,17,19,22,24). The molecule has 24 heavy (non-hydrogen) atoms. The lowest BCUT2D eigenvalue weighted by Crippen LogP contribution is -2.43. The van der Waals surface area contributed by atoms with Gasteiger partial charge in [0.15, 0.2) is 28.4 Å². The highest BCUT2D eigenvalue weighted by molar-refractivity contribution is 6.31. The number of rotatable bonds is 6. The quantitative estimate of drug-likeness (QED) is 0.215. The number of carbonyl (C=O) groups excluding carboxylic acids is 2. The summed E-state index contributed by atoms with van der Waals surface area (Å²) in [6, 6.07) is -0.698. The fraction of sp³-hybridized carbons (Fsp3) is 0.417. The molecule has 0 atom stereocenters. The lowest BCUT2D eigenvalue weighted by Gasteiger charge is -2.10. The molecule has 1 aromatic rings. The molecule has 1 heterocycles. The number of aliphatic imine (C=N–C) groups is 1. The van der Waals surface area contributed by atoms with Crippen LogP contribution < -0.4 is 33.2 Å². The van der Waals surface area contributed by atoms with Crippen LogP contribution >= 0.6 is 11.6 Å². The van der Waals surface area contributed by atoms with Gasteiger partial charge in [-0.25, -0.2) is 14.8 Å². The number of unbranched alkanes of at least 4 members (excludes halogenated alkanes) is 1. The minimum Gasteiger partial charge on any atom is -0.382 e. The van der Waals surface area contributed by atoms with Crippen molar-refractivity contribution in [3.63, 3.8) is 0 Å². The number of nitrogens with two attached hydrogens (primary N) is 3. The van der Waals surface area contributed by atoms with E-state index in [1.54, 1.807) is 0 Å². The van der Waals surface area contributed by atoms with Gasteiger partial charge in [0.1, 0.15) is 0 Å². The lowest BCUT2D eigenvalue weighted by molar-refractivity contribution is 0.0948. The normalized spacial score (nSPS) is 11.0. The van der Waals surface area contributed by atoms with Crippen molar-refractivity contribution in [1.82, 2.24) is 25.9 Å². The summed E-state index contributed by atoms with van der Waals surface area (Å²) < 4.78 is 0. The van der Waals surface area contributed by atoms with E-state index in [2.05, 4.69) is 30.9 Å². The first-order chi connectivity index (χ1) is 11.3. The minimum atomic E-state index is -0.698. The number of primary amides is 1. The summed E-state index contributed by atoms with van der Waals surface area (Å²) in [5.74, 6) is -0.320. The summed E-state index contributed by atoms with van der Waals surface area (Å²) in [5.41, 5.74) is 15.9. The molecule has 9 N–H and O–H groups in total. The number of nitrogens with zero attached hydrogens (tertiary/aromatic N) is 3. The van der Waals surface area contributed by atoms with Crippen LogP contribution in [0.25, 0.3) is 0 Å². The maximum absolute atomic E-state index is 11.9. The lowest BCUT2D eigenvalue weighted by atomic mass is 10.3. The van der Waals surface area contributed by atoms with Crippen LogP contribution in [0.1, 0.15) is 23.3 Å². The first-order valence-electron chi connectivity index (χ1n) is 6.99. The van der Waals surface area contributed by atoms with Crippen molar-refractivity contribution in [2.75, 3.05) is 31.6 Å². The number of nitrogen functional groups attached to an aromatic ring is 2. The molecule has 0 radical (unpaired) electrons. The first kappa shape index (κ1) is 19.2. The molecule has 1 rings (SSSR count). The highest BCUT2D eigenvalue weighted by atomic mass is 35.5. The first-order valence-corrected chi connectivity index (χ1v) is 7.36. The number of urea groups is 1. The number of anilines is 2. The van der Waals surface area contributed by atoms with Gasteiger partial charge in [-0.15, -0.1) is 0 Å². The van der Waals surface area contributed by atoms with Gasteiger partial charge in [0, 0.05) is 20.1 Å². The molecule has 0 spiro atoms. The highest BCUT2D eigenvalue weighted by Gasteiger charge is 2.15. The second kappa shape index (κ2) is 9.35. The SMILES string of the molecule is CN=C(NCCCCNC(=O)c1nc(Cl)c(N)nc1N)NC(N)=O. The molecular weight excluding hydrogens is 338 g/mol. The Balaban J connectivity index is 2.32. The summed E-state index contributed by atoms with van der Waals surface area (Å²) in [6.45, 7) is 0.934. The van der Waals surface area contributed by atoms with Crippen LogP contribution in [0.15, 0.2) is 4.99 Å². The number of nitrogens with one attached hydrogen (secondary N) is 3. The maximum Gasteiger partial charge on any atom is 0.318 e. The largest absolute Gasteiger partial charge is 0.382 e. The van der Waals surface area contributed by atoms with E-state index in [-0.39, 0.29) is 28.4 Å². The van der Waals surface area contributed by atoms with Crippen molar-refractivity contribution in [1.29, 1.82) is 0 Å². The zero-order chi connectivity index (χ0) is 18.1. The second-order valence-corrected chi connectivity index (χ2v) is 4.94. The molecule has 0 bridgehead atoms. The molecular formula is C12H20ClN9O2. The molecule has 0 fully saturated rings. The Hall–Kier alpha value is -2.82. The summed E-state index contributed by atoms with van der Waals surface area (Å²) in [5, 5.41) is 7.80. The van der Waals surface area contributed by atoms with Gasteiger partial charge >= 0.3 is 6.03 Å². The topological polar surface area (TPSA) is 186 Å². The number of halogens is 1. The van der Waals surface area contributed by atoms with Crippen LogP contribution in [0.4, 0.5) is 16.4 Å². The van der Waals surface area contributed by atoms with Gasteiger partial charge in [-0.3, -0.25) is 15.1 Å². The summed E-state index contributed by atoms with van der Waals surface area (Å²) in [7, 11) is 1.52. The van der Waals surface area contributed by atoms with Crippen LogP contribution in [0.5, 0.6) is 0 Å². The number of carbonyl (C=O) groups is 2. The Morgan fingerprint density at radius 2 is 1.75 bits per heavy atom. The van der Waals surface area contributed by atoms with Gasteiger partial charge in [0.25, 0.3) is 5.91 Å². The van der Waals surface area contributed by atoms with Crippen molar-refractivity contribution >= 4 is 41.1 Å². The van der Waals surface area contributed by atoms with E-state index in [0.29, 0.717) is 25.9 Å². The Bertz CT molecular complexity index is 635. The van der Waals surface area contributed by atoms with Crippen LogP contribution in [-0.2, 0) is 0 Å². The number of aromatic nitrogens is 2. The van der Waals surface area contributed by atoms with Crippen LogP contribution in [0, 0.1) is 0 Å². The Morgan fingerprint density at radius 1 is 1.12 bits per heavy atom. The van der Waals surface area contributed by atoms with Gasteiger partial charge in [0.05, 0.1) is 0 Å².